The number of rotatable bonds is 3. The first-order valence-electron chi connectivity index (χ1n) is 4.03. The van der Waals surface area contributed by atoms with E-state index in [-0.39, 0.29) is 13.0 Å². The Morgan fingerprint density at radius 1 is 1.23 bits per heavy atom. The molecule has 1 fully saturated rings. The van der Waals surface area contributed by atoms with Gasteiger partial charge in [0.25, 0.3) is 0 Å². The smallest absolute Gasteiger partial charge is 0.197 e. The molecule has 1 rings (SSSR count). The Hall–Kier alpha value is -0.240. The second-order valence-corrected chi connectivity index (χ2v) is 3.09. The van der Waals surface area contributed by atoms with E-state index in [1.165, 1.54) is 0 Å². The Labute approximate surface area is 75.0 Å². The molecule has 0 aromatic rings. The molecule has 4 atom stereocenters. The molecule has 1 saturated heterocycles. The van der Waals surface area contributed by atoms with Crippen molar-refractivity contribution < 1.29 is 30.3 Å². The van der Waals surface area contributed by atoms with Crippen LogP contribution in [0.1, 0.15) is 6.42 Å². The lowest BCUT2D eigenvalue weighted by molar-refractivity contribution is -0.237. The van der Waals surface area contributed by atoms with Crippen molar-refractivity contribution in [2.24, 2.45) is 0 Å². The zero-order chi connectivity index (χ0) is 10.1. The third-order valence-corrected chi connectivity index (χ3v) is 2.17. The number of aliphatic hydroxyl groups excluding tert-OH is 4. The molecule has 0 aromatic heterocycles. The quantitative estimate of drug-likeness (QED) is 0.331. The molecule has 0 saturated carbocycles. The molecule has 0 aliphatic carbocycles. The van der Waals surface area contributed by atoms with Crippen LogP contribution in [-0.4, -0.2) is 62.8 Å². The largest absolute Gasteiger partial charge is 0.396 e. The summed E-state index contributed by atoms with van der Waals surface area (Å²) in [4.78, 5) is 0. The van der Waals surface area contributed by atoms with Crippen LogP contribution in [0.5, 0.6) is 0 Å². The highest BCUT2D eigenvalue weighted by Crippen LogP contribution is 2.31. The van der Waals surface area contributed by atoms with Crippen molar-refractivity contribution >= 4 is 0 Å². The Balaban J connectivity index is 2.69. The number of aliphatic hydroxyl groups is 5. The lowest BCUT2D eigenvalue weighted by Crippen LogP contribution is -2.43. The van der Waals surface area contributed by atoms with Crippen molar-refractivity contribution in [2.75, 3.05) is 13.2 Å². The molecule has 1 aliphatic rings. The van der Waals surface area contributed by atoms with Crippen LogP contribution in [0.15, 0.2) is 0 Å². The van der Waals surface area contributed by atoms with Gasteiger partial charge < -0.3 is 30.3 Å². The maximum absolute atomic E-state index is 9.53. The topological polar surface area (TPSA) is 110 Å². The highest BCUT2D eigenvalue weighted by Gasteiger charge is 2.52. The molecule has 0 bridgehead atoms. The normalized spacial score (nSPS) is 45.5. The highest BCUT2D eigenvalue weighted by molar-refractivity contribution is 4.94. The van der Waals surface area contributed by atoms with E-state index in [1.807, 2.05) is 0 Å². The van der Waals surface area contributed by atoms with E-state index in [4.69, 9.17) is 14.9 Å². The van der Waals surface area contributed by atoms with E-state index >= 15 is 0 Å². The van der Waals surface area contributed by atoms with Crippen molar-refractivity contribution in [3.8, 4) is 0 Å². The molecule has 6 heteroatoms. The summed E-state index contributed by atoms with van der Waals surface area (Å²) >= 11 is 0. The minimum absolute atomic E-state index is 0.207. The second-order valence-electron chi connectivity index (χ2n) is 3.09. The van der Waals surface area contributed by atoms with Gasteiger partial charge in [-0.25, -0.2) is 0 Å². The summed E-state index contributed by atoms with van der Waals surface area (Å²) in [5.41, 5.74) is 0. The van der Waals surface area contributed by atoms with Crippen LogP contribution in [0.2, 0.25) is 0 Å². The van der Waals surface area contributed by atoms with Crippen molar-refractivity contribution in [1.29, 1.82) is 0 Å². The van der Waals surface area contributed by atoms with Crippen molar-refractivity contribution in [1.82, 2.24) is 0 Å². The SMILES string of the molecule is OCC[C@]1(O)O[C@H](CO)[C@@H](O)[C@H]1O. The molecular weight excluding hydrogens is 180 g/mol. The zero-order valence-electron chi connectivity index (χ0n) is 7.00. The zero-order valence-corrected chi connectivity index (χ0v) is 7.00. The molecule has 0 amide bonds. The summed E-state index contributed by atoms with van der Waals surface area (Å²) in [5, 5.41) is 45.3. The monoisotopic (exact) mass is 194 g/mol. The Morgan fingerprint density at radius 2 is 1.85 bits per heavy atom. The second kappa shape index (κ2) is 3.87. The first-order chi connectivity index (χ1) is 6.05. The van der Waals surface area contributed by atoms with Gasteiger partial charge in [0.1, 0.15) is 18.3 Å². The van der Waals surface area contributed by atoms with Crippen LogP contribution < -0.4 is 0 Å². The molecule has 1 aliphatic heterocycles. The van der Waals surface area contributed by atoms with Crippen molar-refractivity contribution in [3.05, 3.63) is 0 Å². The lowest BCUT2D eigenvalue weighted by atomic mass is 10.0. The van der Waals surface area contributed by atoms with Gasteiger partial charge in [0.05, 0.1) is 6.61 Å². The van der Waals surface area contributed by atoms with E-state index in [9.17, 15) is 15.3 Å². The van der Waals surface area contributed by atoms with Gasteiger partial charge in [-0.2, -0.15) is 0 Å². The van der Waals surface area contributed by atoms with E-state index in [0.29, 0.717) is 0 Å². The molecule has 6 nitrogen and oxygen atoms in total. The summed E-state index contributed by atoms with van der Waals surface area (Å²) in [6.45, 7) is -0.871. The van der Waals surface area contributed by atoms with Crippen LogP contribution in [0, 0.1) is 0 Å². The third kappa shape index (κ3) is 1.83. The first kappa shape index (κ1) is 10.8. The predicted molar refractivity (Wildman–Crippen MR) is 40.6 cm³/mol. The van der Waals surface area contributed by atoms with Crippen LogP contribution >= 0.6 is 0 Å². The Bertz CT molecular complexity index is 174. The molecule has 0 radical (unpaired) electrons. The fraction of sp³-hybridized carbons (Fsp3) is 1.00. The lowest BCUT2D eigenvalue weighted by Gasteiger charge is -2.24. The van der Waals surface area contributed by atoms with Gasteiger partial charge in [0.2, 0.25) is 0 Å². The molecule has 0 aromatic carbocycles. The summed E-state index contributed by atoms with van der Waals surface area (Å²) < 4.78 is 4.81. The van der Waals surface area contributed by atoms with Crippen LogP contribution in [0.4, 0.5) is 0 Å². The first-order valence-corrected chi connectivity index (χ1v) is 4.03. The minimum atomic E-state index is -1.96. The third-order valence-electron chi connectivity index (χ3n) is 2.17. The Morgan fingerprint density at radius 3 is 2.23 bits per heavy atom. The van der Waals surface area contributed by atoms with Gasteiger partial charge in [-0.15, -0.1) is 0 Å². The maximum Gasteiger partial charge on any atom is 0.197 e. The van der Waals surface area contributed by atoms with E-state index in [1.54, 1.807) is 0 Å². The molecule has 1 heterocycles. The summed E-state index contributed by atoms with van der Waals surface area (Å²) in [6, 6.07) is 0. The van der Waals surface area contributed by atoms with Gasteiger partial charge in [-0.1, -0.05) is 0 Å². The molecular formula is C7H14O6. The summed E-state index contributed by atoms with van der Waals surface area (Å²) in [7, 11) is 0. The fourth-order valence-corrected chi connectivity index (χ4v) is 1.38. The average Bonchev–Trinajstić information content (AvgIpc) is 2.31. The molecule has 78 valence electrons. The average molecular weight is 194 g/mol. The van der Waals surface area contributed by atoms with Crippen LogP contribution in [-0.2, 0) is 4.74 Å². The van der Waals surface area contributed by atoms with Crippen LogP contribution in [0.25, 0.3) is 0 Å². The van der Waals surface area contributed by atoms with Crippen LogP contribution in [0.3, 0.4) is 0 Å². The highest BCUT2D eigenvalue weighted by atomic mass is 16.7. The maximum atomic E-state index is 9.53. The van der Waals surface area contributed by atoms with Crippen molar-refractivity contribution in [2.45, 2.75) is 30.5 Å². The minimum Gasteiger partial charge on any atom is -0.396 e. The van der Waals surface area contributed by atoms with Gasteiger partial charge in [0.15, 0.2) is 5.79 Å². The fourth-order valence-electron chi connectivity index (χ4n) is 1.38. The van der Waals surface area contributed by atoms with E-state index < -0.39 is 30.7 Å². The van der Waals surface area contributed by atoms with Gasteiger partial charge >= 0.3 is 0 Å². The van der Waals surface area contributed by atoms with Gasteiger partial charge in [0, 0.05) is 13.0 Å². The van der Waals surface area contributed by atoms with Crippen molar-refractivity contribution in [3.63, 3.8) is 0 Å². The number of ether oxygens (including phenoxy) is 1. The van der Waals surface area contributed by atoms with E-state index in [0.717, 1.165) is 0 Å². The number of hydrogen-bond donors (Lipinski definition) is 5. The Kier molecular flexibility index (Phi) is 3.23. The number of hydrogen-bond acceptors (Lipinski definition) is 6. The standard InChI is InChI=1S/C7H14O6/c8-2-1-7(12)6(11)5(10)4(3-9)13-7/h4-6,8-12H,1-3H2/t4-,5-,6-,7+/m1/s1. The molecule has 5 N–H and O–H groups in total. The van der Waals surface area contributed by atoms with Gasteiger partial charge in [-0.3, -0.25) is 0 Å². The molecule has 0 spiro atoms. The molecule has 0 unspecified atom stereocenters. The summed E-state index contributed by atoms with van der Waals surface area (Å²) in [5.74, 6) is -1.96. The molecule has 13 heavy (non-hydrogen) atoms. The van der Waals surface area contributed by atoms with E-state index in [2.05, 4.69) is 0 Å². The van der Waals surface area contributed by atoms with Gasteiger partial charge in [-0.05, 0) is 0 Å². The summed E-state index contributed by atoms with van der Waals surface area (Å²) in [6.07, 6.45) is -4.05. The predicted octanol–water partition coefficient (Wildman–Crippen LogP) is -2.83.